The molecule has 3 heterocycles. The maximum atomic E-state index is 14.2. The van der Waals surface area contributed by atoms with Crippen molar-refractivity contribution >= 4 is 16.9 Å². The molecular weight excluding hydrogens is 411 g/mol. The molecule has 0 radical (unpaired) electrons. The summed E-state index contributed by atoms with van der Waals surface area (Å²) >= 11 is 0. The van der Waals surface area contributed by atoms with Gasteiger partial charge in [0, 0.05) is 19.5 Å². The average molecular weight is 434 g/mol. The Kier molecular flexibility index (Phi) is 5.30. The van der Waals surface area contributed by atoms with E-state index in [1.807, 2.05) is 33.7 Å². The number of imidazole rings is 1. The molecular formula is C23H23FN6O2. The summed E-state index contributed by atoms with van der Waals surface area (Å²) in [7, 11) is 0. The zero-order chi connectivity index (χ0) is 22.1. The number of piperidine rings is 1. The smallest absolute Gasteiger partial charge is 0.341 e. The second kappa shape index (κ2) is 8.41. The van der Waals surface area contributed by atoms with Crippen molar-refractivity contribution in [1.82, 2.24) is 29.2 Å². The molecule has 1 fully saturated rings. The highest BCUT2D eigenvalue weighted by molar-refractivity contribution is 5.80. The first-order valence-electron chi connectivity index (χ1n) is 10.7. The van der Waals surface area contributed by atoms with E-state index in [1.54, 1.807) is 24.5 Å². The summed E-state index contributed by atoms with van der Waals surface area (Å²) in [6, 6.07) is 13.9. The van der Waals surface area contributed by atoms with Crippen molar-refractivity contribution in [2.45, 2.75) is 25.8 Å². The molecule has 1 N–H and O–H groups in total. The summed E-state index contributed by atoms with van der Waals surface area (Å²) in [5.74, 6) is 0.364. The van der Waals surface area contributed by atoms with Crippen molar-refractivity contribution in [2.24, 2.45) is 5.92 Å². The fraction of sp³-hybridized carbons (Fsp3) is 0.304. The number of rotatable bonds is 5. The van der Waals surface area contributed by atoms with Crippen LogP contribution in [-0.2, 0) is 17.8 Å². The number of carbonyl (C=O) groups is 1. The first-order chi connectivity index (χ1) is 15.6. The summed E-state index contributed by atoms with van der Waals surface area (Å²) in [5.41, 5.74) is 1.56. The molecule has 0 spiro atoms. The second-order valence-electron chi connectivity index (χ2n) is 8.12. The first kappa shape index (κ1) is 20.2. The highest BCUT2D eigenvalue weighted by atomic mass is 19.1. The Labute approximate surface area is 183 Å². The monoisotopic (exact) mass is 434 g/mol. The predicted molar refractivity (Wildman–Crippen MR) is 117 cm³/mol. The average Bonchev–Trinajstić information content (AvgIpc) is 3.38. The zero-order valence-corrected chi connectivity index (χ0v) is 17.4. The fourth-order valence-electron chi connectivity index (χ4n) is 4.37. The quantitative estimate of drug-likeness (QED) is 0.523. The van der Waals surface area contributed by atoms with Crippen LogP contribution in [0.25, 0.3) is 16.7 Å². The van der Waals surface area contributed by atoms with Crippen molar-refractivity contribution in [3.8, 4) is 5.69 Å². The van der Waals surface area contributed by atoms with Gasteiger partial charge in [0.05, 0.1) is 23.0 Å². The van der Waals surface area contributed by atoms with Gasteiger partial charge in [-0.2, -0.15) is 5.10 Å². The van der Waals surface area contributed by atoms with Gasteiger partial charge in [0.1, 0.15) is 18.2 Å². The summed E-state index contributed by atoms with van der Waals surface area (Å²) in [6.45, 7) is 1.55. The summed E-state index contributed by atoms with van der Waals surface area (Å²) in [6.07, 6.45) is 3.85. The molecule has 8 nitrogen and oxygen atoms in total. The third-order valence-electron chi connectivity index (χ3n) is 6.11. The number of likely N-dealkylation sites (tertiary alicyclic amines) is 1. The van der Waals surface area contributed by atoms with Crippen LogP contribution in [-0.4, -0.2) is 48.2 Å². The molecule has 1 aliphatic heterocycles. The zero-order valence-electron chi connectivity index (χ0n) is 17.4. The Hall–Kier alpha value is -3.75. The predicted octanol–water partition coefficient (Wildman–Crippen LogP) is 2.53. The number of carbonyl (C=O) groups excluding carboxylic acids is 1. The van der Waals surface area contributed by atoms with Gasteiger partial charge in [-0.25, -0.2) is 23.8 Å². The minimum Gasteiger partial charge on any atom is -0.341 e. The van der Waals surface area contributed by atoms with E-state index in [-0.39, 0.29) is 24.1 Å². The van der Waals surface area contributed by atoms with Crippen molar-refractivity contribution < 1.29 is 9.18 Å². The van der Waals surface area contributed by atoms with Crippen LogP contribution < -0.4 is 5.69 Å². The number of hydrogen-bond donors (Lipinski definition) is 1. The van der Waals surface area contributed by atoms with Gasteiger partial charge in [-0.05, 0) is 43.0 Å². The van der Waals surface area contributed by atoms with Crippen LogP contribution in [0.1, 0.15) is 18.7 Å². The lowest BCUT2D eigenvalue weighted by atomic mass is 9.93. The van der Waals surface area contributed by atoms with Gasteiger partial charge in [0.25, 0.3) is 0 Å². The minimum absolute atomic E-state index is 0.0645. The molecule has 5 rings (SSSR count). The van der Waals surface area contributed by atoms with Crippen LogP contribution >= 0.6 is 0 Å². The Morgan fingerprint density at radius 3 is 2.66 bits per heavy atom. The van der Waals surface area contributed by atoms with Gasteiger partial charge in [-0.1, -0.05) is 24.3 Å². The highest BCUT2D eigenvalue weighted by Crippen LogP contribution is 2.23. The highest BCUT2D eigenvalue weighted by Gasteiger charge is 2.25. The number of aromatic nitrogens is 5. The number of nitrogens with zero attached hydrogens (tertiary/aromatic N) is 5. The molecule has 4 aromatic rings. The number of benzene rings is 2. The van der Waals surface area contributed by atoms with E-state index in [0.717, 1.165) is 23.9 Å². The molecule has 0 saturated carbocycles. The topological polar surface area (TPSA) is 88.8 Å². The first-order valence-corrected chi connectivity index (χ1v) is 10.7. The standard InChI is InChI=1S/C23H23FN6O2/c24-17-5-1-3-7-19(17)30-21(26-27-23(30)32)13-16-9-11-28(12-10-16)22(31)14-29-15-25-18-6-2-4-8-20(18)29/h1-8,15-16H,9-14H2,(H,27,32). The Bertz CT molecular complexity index is 1320. The molecule has 1 saturated heterocycles. The summed E-state index contributed by atoms with van der Waals surface area (Å²) in [5, 5.41) is 6.56. The van der Waals surface area contributed by atoms with Gasteiger partial charge in [-0.15, -0.1) is 0 Å². The van der Waals surface area contributed by atoms with Crippen molar-refractivity contribution in [3.05, 3.63) is 77.0 Å². The van der Waals surface area contributed by atoms with Crippen molar-refractivity contribution in [3.63, 3.8) is 0 Å². The Morgan fingerprint density at radius 2 is 1.84 bits per heavy atom. The third kappa shape index (κ3) is 3.81. The number of aromatic amines is 1. The molecule has 9 heteroatoms. The lowest BCUT2D eigenvalue weighted by Gasteiger charge is -2.32. The number of nitrogens with one attached hydrogen (secondary N) is 1. The van der Waals surface area contributed by atoms with E-state index in [9.17, 15) is 14.0 Å². The van der Waals surface area contributed by atoms with Gasteiger partial charge >= 0.3 is 5.69 Å². The van der Waals surface area contributed by atoms with Crippen LogP contribution in [0.3, 0.4) is 0 Å². The fourth-order valence-corrected chi connectivity index (χ4v) is 4.37. The van der Waals surface area contributed by atoms with Crippen molar-refractivity contribution in [1.29, 1.82) is 0 Å². The Morgan fingerprint density at radius 1 is 1.09 bits per heavy atom. The largest absolute Gasteiger partial charge is 0.348 e. The number of hydrogen-bond acceptors (Lipinski definition) is 4. The molecule has 0 atom stereocenters. The van der Waals surface area contributed by atoms with E-state index in [2.05, 4.69) is 15.2 Å². The molecule has 2 aromatic heterocycles. The maximum Gasteiger partial charge on any atom is 0.348 e. The molecule has 2 aromatic carbocycles. The molecule has 0 bridgehead atoms. The van der Waals surface area contributed by atoms with E-state index >= 15 is 0 Å². The number of fused-ring (bicyclic) bond motifs is 1. The lowest BCUT2D eigenvalue weighted by Crippen LogP contribution is -2.40. The normalized spacial score (nSPS) is 14.8. The molecule has 1 amide bonds. The van der Waals surface area contributed by atoms with E-state index in [1.165, 1.54) is 10.6 Å². The molecule has 1 aliphatic rings. The van der Waals surface area contributed by atoms with Crippen LogP contribution in [0.2, 0.25) is 0 Å². The molecule has 0 aliphatic carbocycles. The summed E-state index contributed by atoms with van der Waals surface area (Å²) < 4.78 is 17.4. The number of amides is 1. The van der Waals surface area contributed by atoms with Gasteiger partial charge in [-0.3, -0.25) is 4.79 Å². The van der Waals surface area contributed by atoms with Gasteiger partial charge in [0.15, 0.2) is 0 Å². The van der Waals surface area contributed by atoms with E-state index < -0.39 is 11.5 Å². The number of para-hydroxylation sites is 3. The molecule has 164 valence electrons. The van der Waals surface area contributed by atoms with E-state index in [4.69, 9.17) is 0 Å². The maximum absolute atomic E-state index is 14.2. The molecule has 32 heavy (non-hydrogen) atoms. The van der Waals surface area contributed by atoms with E-state index in [0.29, 0.717) is 25.3 Å². The summed E-state index contributed by atoms with van der Waals surface area (Å²) in [4.78, 5) is 31.3. The van der Waals surface area contributed by atoms with Crippen LogP contribution in [0, 0.1) is 11.7 Å². The minimum atomic E-state index is -0.468. The SMILES string of the molecule is O=C(Cn1cnc2ccccc21)N1CCC(Cc2n[nH]c(=O)n2-c2ccccc2F)CC1. The van der Waals surface area contributed by atoms with Crippen LogP contribution in [0.5, 0.6) is 0 Å². The lowest BCUT2D eigenvalue weighted by molar-refractivity contribution is -0.133. The van der Waals surface area contributed by atoms with Crippen molar-refractivity contribution in [2.75, 3.05) is 13.1 Å². The second-order valence-corrected chi connectivity index (χ2v) is 8.12. The third-order valence-corrected chi connectivity index (χ3v) is 6.11. The van der Waals surface area contributed by atoms with Crippen LogP contribution in [0.4, 0.5) is 4.39 Å². The molecule has 0 unspecified atom stereocenters. The number of H-pyrrole nitrogens is 1. The van der Waals surface area contributed by atoms with Gasteiger partial charge in [0.2, 0.25) is 5.91 Å². The Balaban J connectivity index is 1.23. The van der Waals surface area contributed by atoms with Gasteiger partial charge < -0.3 is 9.47 Å². The number of halogens is 1. The van der Waals surface area contributed by atoms with Crippen LogP contribution in [0.15, 0.2) is 59.7 Å².